The standard InChI is InChI=1S/C16H21NO2/c18-11-15-7-6-14-9-13(10-16(19)17(14)15)8-12-4-2-1-3-5-12/h1-5,13-15,18H,6-11H2/t13?,14?,15-/m0/s1. The zero-order chi connectivity index (χ0) is 13.2. The van der Waals surface area contributed by atoms with Gasteiger partial charge in [-0.2, -0.15) is 0 Å². The zero-order valence-electron chi connectivity index (χ0n) is 11.2. The molecule has 1 N–H and O–H groups in total. The smallest absolute Gasteiger partial charge is 0.223 e. The Labute approximate surface area is 114 Å². The van der Waals surface area contributed by atoms with Crippen LogP contribution in [0.4, 0.5) is 0 Å². The first-order valence-electron chi connectivity index (χ1n) is 7.24. The molecular weight excluding hydrogens is 238 g/mol. The van der Waals surface area contributed by atoms with Crippen LogP contribution in [0.5, 0.6) is 0 Å². The summed E-state index contributed by atoms with van der Waals surface area (Å²) in [5.41, 5.74) is 1.32. The molecule has 3 atom stereocenters. The quantitative estimate of drug-likeness (QED) is 0.902. The highest BCUT2D eigenvalue weighted by Gasteiger charge is 2.41. The first-order valence-corrected chi connectivity index (χ1v) is 7.24. The molecule has 3 rings (SSSR count). The van der Waals surface area contributed by atoms with Crippen molar-refractivity contribution in [2.75, 3.05) is 6.61 Å². The Morgan fingerprint density at radius 3 is 2.74 bits per heavy atom. The SMILES string of the molecule is O=C1CC(Cc2ccccc2)CC2CC[C@@H](CO)N12. The van der Waals surface area contributed by atoms with Crippen molar-refractivity contribution < 1.29 is 9.90 Å². The van der Waals surface area contributed by atoms with E-state index in [4.69, 9.17) is 0 Å². The van der Waals surface area contributed by atoms with Crippen molar-refractivity contribution in [1.29, 1.82) is 0 Å². The van der Waals surface area contributed by atoms with Crippen LogP contribution in [0.25, 0.3) is 0 Å². The lowest BCUT2D eigenvalue weighted by molar-refractivity contribution is -0.139. The Morgan fingerprint density at radius 2 is 2.00 bits per heavy atom. The van der Waals surface area contributed by atoms with Crippen molar-refractivity contribution in [3.8, 4) is 0 Å². The summed E-state index contributed by atoms with van der Waals surface area (Å²) in [5, 5.41) is 9.33. The maximum atomic E-state index is 12.3. The molecule has 2 saturated heterocycles. The Bertz CT molecular complexity index is 445. The average Bonchev–Trinajstić information content (AvgIpc) is 2.83. The molecule has 0 saturated carbocycles. The van der Waals surface area contributed by atoms with E-state index in [9.17, 15) is 9.90 Å². The van der Waals surface area contributed by atoms with Crippen LogP contribution in [-0.2, 0) is 11.2 Å². The molecule has 2 heterocycles. The topological polar surface area (TPSA) is 40.5 Å². The van der Waals surface area contributed by atoms with Crippen molar-refractivity contribution in [2.24, 2.45) is 5.92 Å². The molecule has 2 aliphatic heterocycles. The molecule has 2 aliphatic rings. The fourth-order valence-corrected chi connectivity index (χ4v) is 3.70. The maximum absolute atomic E-state index is 12.3. The predicted molar refractivity (Wildman–Crippen MR) is 73.6 cm³/mol. The number of nitrogens with zero attached hydrogens (tertiary/aromatic N) is 1. The largest absolute Gasteiger partial charge is 0.394 e. The summed E-state index contributed by atoms with van der Waals surface area (Å²) in [6, 6.07) is 10.9. The van der Waals surface area contributed by atoms with Crippen LogP contribution in [-0.4, -0.2) is 34.6 Å². The monoisotopic (exact) mass is 259 g/mol. The molecule has 1 aromatic carbocycles. The number of rotatable bonds is 3. The van der Waals surface area contributed by atoms with Gasteiger partial charge in [0.05, 0.1) is 12.6 Å². The lowest BCUT2D eigenvalue weighted by Gasteiger charge is -2.37. The van der Waals surface area contributed by atoms with Gasteiger partial charge in [-0.1, -0.05) is 30.3 Å². The average molecular weight is 259 g/mol. The summed E-state index contributed by atoms with van der Waals surface area (Å²) >= 11 is 0. The second-order valence-corrected chi connectivity index (χ2v) is 5.86. The van der Waals surface area contributed by atoms with Crippen molar-refractivity contribution in [3.63, 3.8) is 0 Å². The minimum absolute atomic E-state index is 0.0789. The molecule has 0 aromatic heterocycles. The van der Waals surface area contributed by atoms with Crippen LogP contribution in [0, 0.1) is 5.92 Å². The number of hydrogen-bond donors (Lipinski definition) is 1. The fourth-order valence-electron chi connectivity index (χ4n) is 3.70. The van der Waals surface area contributed by atoms with Gasteiger partial charge in [0.15, 0.2) is 0 Å². The Morgan fingerprint density at radius 1 is 1.21 bits per heavy atom. The van der Waals surface area contributed by atoms with E-state index in [1.807, 2.05) is 11.0 Å². The van der Waals surface area contributed by atoms with Crippen LogP contribution >= 0.6 is 0 Å². The Balaban J connectivity index is 1.67. The number of amides is 1. The molecule has 2 fully saturated rings. The highest BCUT2D eigenvalue weighted by Crippen LogP contribution is 2.36. The number of carbonyl (C=O) groups excluding carboxylic acids is 1. The number of piperidine rings is 1. The zero-order valence-corrected chi connectivity index (χ0v) is 11.2. The lowest BCUT2D eigenvalue weighted by Crippen LogP contribution is -2.48. The normalized spacial score (nSPS) is 30.5. The molecule has 0 spiro atoms. The van der Waals surface area contributed by atoms with Crippen LogP contribution in [0.2, 0.25) is 0 Å². The summed E-state index contributed by atoms with van der Waals surface area (Å²) in [6.45, 7) is 0.117. The third-order valence-electron chi connectivity index (χ3n) is 4.55. The highest BCUT2D eigenvalue weighted by atomic mass is 16.3. The van der Waals surface area contributed by atoms with Crippen LogP contribution in [0.3, 0.4) is 0 Å². The first kappa shape index (κ1) is 12.7. The maximum Gasteiger partial charge on any atom is 0.223 e. The molecule has 3 heteroatoms. The lowest BCUT2D eigenvalue weighted by atomic mass is 9.86. The van der Waals surface area contributed by atoms with E-state index in [-0.39, 0.29) is 18.6 Å². The van der Waals surface area contributed by atoms with Gasteiger partial charge < -0.3 is 10.0 Å². The Kier molecular flexibility index (Phi) is 3.56. The van der Waals surface area contributed by atoms with Crippen LogP contribution < -0.4 is 0 Å². The third-order valence-corrected chi connectivity index (χ3v) is 4.55. The number of carbonyl (C=O) groups is 1. The molecule has 1 amide bonds. The van der Waals surface area contributed by atoms with Crippen molar-refractivity contribution in [1.82, 2.24) is 4.90 Å². The van der Waals surface area contributed by atoms with Gasteiger partial charge in [0.1, 0.15) is 0 Å². The Hall–Kier alpha value is -1.35. The van der Waals surface area contributed by atoms with Gasteiger partial charge in [-0.25, -0.2) is 0 Å². The van der Waals surface area contributed by atoms with Gasteiger partial charge in [-0.15, -0.1) is 0 Å². The van der Waals surface area contributed by atoms with Crippen molar-refractivity contribution >= 4 is 5.91 Å². The van der Waals surface area contributed by atoms with Gasteiger partial charge >= 0.3 is 0 Å². The summed E-state index contributed by atoms with van der Waals surface area (Å²) < 4.78 is 0. The van der Waals surface area contributed by atoms with E-state index in [1.165, 1.54) is 5.56 Å². The molecule has 102 valence electrons. The van der Waals surface area contributed by atoms with Gasteiger partial charge in [0.25, 0.3) is 0 Å². The van der Waals surface area contributed by atoms with Gasteiger partial charge in [-0.05, 0) is 37.2 Å². The minimum atomic E-state index is 0.0789. The second kappa shape index (κ2) is 5.33. The summed E-state index contributed by atoms with van der Waals surface area (Å²) in [4.78, 5) is 14.2. The molecule has 0 aliphatic carbocycles. The number of aliphatic hydroxyl groups is 1. The third kappa shape index (κ3) is 2.52. The number of benzene rings is 1. The first-order chi connectivity index (χ1) is 9.28. The van der Waals surface area contributed by atoms with E-state index in [2.05, 4.69) is 24.3 Å². The molecule has 19 heavy (non-hydrogen) atoms. The fraction of sp³-hybridized carbons (Fsp3) is 0.562. The van der Waals surface area contributed by atoms with E-state index in [0.717, 1.165) is 25.7 Å². The minimum Gasteiger partial charge on any atom is -0.394 e. The van der Waals surface area contributed by atoms with Crippen molar-refractivity contribution in [3.05, 3.63) is 35.9 Å². The van der Waals surface area contributed by atoms with E-state index < -0.39 is 0 Å². The highest BCUT2D eigenvalue weighted by molar-refractivity contribution is 5.78. The van der Waals surface area contributed by atoms with Crippen LogP contribution in [0.15, 0.2) is 30.3 Å². The predicted octanol–water partition coefficient (Wildman–Crippen LogP) is 1.99. The van der Waals surface area contributed by atoms with E-state index in [1.54, 1.807) is 0 Å². The van der Waals surface area contributed by atoms with Gasteiger partial charge in [0.2, 0.25) is 5.91 Å². The van der Waals surface area contributed by atoms with Crippen molar-refractivity contribution in [2.45, 2.75) is 44.2 Å². The molecule has 1 aromatic rings. The van der Waals surface area contributed by atoms with Gasteiger partial charge in [-0.3, -0.25) is 4.79 Å². The molecule has 2 unspecified atom stereocenters. The molecular formula is C16H21NO2. The molecule has 0 bridgehead atoms. The van der Waals surface area contributed by atoms with E-state index >= 15 is 0 Å². The number of hydrogen-bond acceptors (Lipinski definition) is 2. The summed E-state index contributed by atoms with van der Waals surface area (Å²) in [5.74, 6) is 0.710. The van der Waals surface area contributed by atoms with Crippen LogP contribution in [0.1, 0.15) is 31.2 Å². The molecule has 0 radical (unpaired) electrons. The second-order valence-electron chi connectivity index (χ2n) is 5.86. The summed E-state index contributed by atoms with van der Waals surface area (Å²) in [7, 11) is 0. The van der Waals surface area contributed by atoms with E-state index in [0.29, 0.717) is 18.4 Å². The number of aliphatic hydroxyl groups excluding tert-OH is 1. The number of fused-ring (bicyclic) bond motifs is 1. The van der Waals surface area contributed by atoms with Gasteiger partial charge in [0, 0.05) is 12.5 Å². The summed E-state index contributed by atoms with van der Waals surface area (Å²) in [6.07, 6.45) is 4.76. The molecule has 3 nitrogen and oxygen atoms in total.